The minimum absolute atomic E-state index is 0.0255. The molecule has 0 spiro atoms. The van der Waals surface area contributed by atoms with Gasteiger partial charge in [0, 0.05) is 12.1 Å². The lowest BCUT2D eigenvalue weighted by molar-refractivity contribution is -0.143. The van der Waals surface area contributed by atoms with Crippen LogP contribution in [0.15, 0.2) is 0 Å². The third-order valence-electron chi connectivity index (χ3n) is 2.71. The van der Waals surface area contributed by atoms with E-state index in [0.29, 0.717) is 19.3 Å². The molecular formula is C9H17NO3. The second-order valence-corrected chi connectivity index (χ2v) is 3.81. The summed E-state index contributed by atoms with van der Waals surface area (Å²) in [5.74, 6) is -1.12. The van der Waals surface area contributed by atoms with Gasteiger partial charge in [0.1, 0.15) is 0 Å². The summed E-state index contributed by atoms with van der Waals surface area (Å²) in [6, 6.07) is 0.381. The fourth-order valence-electron chi connectivity index (χ4n) is 1.56. The van der Waals surface area contributed by atoms with E-state index in [-0.39, 0.29) is 12.0 Å². The van der Waals surface area contributed by atoms with Gasteiger partial charge in [-0.05, 0) is 20.9 Å². The van der Waals surface area contributed by atoms with Gasteiger partial charge in [-0.3, -0.25) is 9.69 Å². The Morgan fingerprint density at radius 2 is 2.15 bits per heavy atom. The fraction of sp³-hybridized carbons (Fsp3) is 0.889. The number of hydrogen-bond acceptors (Lipinski definition) is 3. The quantitative estimate of drug-likeness (QED) is 0.696. The predicted molar refractivity (Wildman–Crippen MR) is 48.6 cm³/mol. The largest absolute Gasteiger partial charge is 0.481 e. The van der Waals surface area contributed by atoms with E-state index >= 15 is 0 Å². The molecule has 0 aromatic carbocycles. The van der Waals surface area contributed by atoms with Crippen LogP contribution in [0.1, 0.15) is 13.8 Å². The van der Waals surface area contributed by atoms with E-state index in [9.17, 15) is 4.79 Å². The van der Waals surface area contributed by atoms with Crippen molar-refractivity contribution in [3.63, 3.8) is 0 Å². The smallest absolute Gasteiger partial charge is 0.310 e. The second-order valence-electron chi connectivity index (χ2n) is 3.81. The van der Waals surface area contributed by atoms with Crippen molar-refractivity contribution in [3.05, 3.63) is 0 Å². The van der Waals surface area contributed by atoms with Crippen molar-refractivity contribution in [1.82, 2.24) is 4.90 Å². The maximum atomic E-state index is 10.8. The molecule has 0 bridgehead atoms. The van der Waals surface area contributed by atoms with Crippen LogP contribution in [-0.4, -0.2) is 48.3 Å². The summed E-state index contributed by atoms with van der Waals surface area (Å²) in [6.07, 6.45) is 0. The van der Waals surface area contributed by atoms with Gasteiger partial charge in [-0.25, -0.2) is 0 Å². The van der Waals surface area contributed by atoms with Gasteiger partial charge < -0.3 is 9.84 Å². The molecule has 1 aliphatic rings. The zero-order valence-electron chi connectivity index (χ0n) is 8.36. The van der Waals surface area contributed by atoms with Crippen LogP contribution in [0.3, 0.4) is 0 Å². The first-order valence-electron chi connectivity index (χ1n) is 4.56. The van der Waals surface area contributed by atoms with Gasteiger partial charge in [-0.2, -0.15) is 0 Å². The van der Waals surface area contributed by atoms with Crippen LogP contribution in [0.25, 0.3) is 0 Å². The lowest BCUT2D eigenvalue weighted by atomic mass is 10.0. The highest BCUT2D eigenvalue weighted by molar-refractivity contribution is 5.71. The monoisotopic (exact) mass is 187 g/mol. The van der Waals surface area contributed by atoms with Gasteiger partial charge >= 0.3 is 5.97 Å². The van der Waals surface area contributed by atoms with E-state index in [4.69, 9.17) is 9.84 Å². The maximum Gasteiger partial charge on any atom is 0.310 e. The number of hydrogen-bond donors (Lipinski definition) is 1. The molecule has 1 saturated heterocycles. The summed E-state index contributed by atoms with van der Waals surface area (Å²) < 4.78 is 5.18. The molecule has 76 valence electrons. The zero-order chi connectivity index (χ0) is 10.0. The van der Waals surface area contributed by atoms with Crippen LogP contribution in [0.5, 0.6) is 0 Å². The van der Waals surface area contributed by atoms with Gasteiger partial charge in [-0.15, -0.1) is 0 Å². The molecule has 0 aromatic heterocycles. The van der Waals surface area contributed by atoms with Gasteiger partial charge in [0.2, 0.25) is 0 Å². The summed E-state index contributed by atoms with van der Waals surface area (Å²) >= 11 is 0. The summed E-state index contributed by atoms with van der Waals surface area (Å²) in [6.45, 7) is 4.98. The Kier molecular flexibility index (Phi) is 3.27. The molecule has 0 amide bonds. The summed E-state index contributed by atoms with van der Waals surface area (Å²) in [4.78, 5) is 12.9. The molecule has 1 N–H and O–H groups in total. The van der Waals surface area contributed by atoms with E-state index < -0.39 is 5.97 Å². The molecular weight excluding hydrogens is 170 g/mol. The predicted octanol–water partition coefficient (Wildman–Crippen LogP) is 0.426. The Morgan fingerprint density at radius 1 is 1.54 bits per heavy atom. The first-order valence-corrected chi connectivity index (χ1v) is 4.56. The molecule has 1 fully saturated rings. The number of rotatable bonds is 3. The second kappa shape index (κ2) is 4.07. The summed E-state index contributed by atoms with van der Waals surface area (Å²) in [7, 11) is 1.94. The Labute approximate surface area is 78.5 Å². The van der Waals surface area contributed by atoms with Crippen LogP contribution < -0.4 is 0 Å². The number of ether oxygens (including phenoxy) is 1. The number of aliphatic carboxylic acids is 1. The Balaban J connectivity index is 2.62. The van der Waals surface area contributed by atoms with Crippen molar-refractivity contribution in [2.24, 2.45) is 5.92 Å². The third-order valence-corrected chi connectivity index (χ3v) is 2.71. The van der Waals surface area contributed by atoms with Crippen LogP contribution in [-0.2, 0) is 9.53 Å². The Bertz CT molecular complexity index is 193. The molecule has 0 aliphatic carbocycles. The average Bonchev–Trinajstić information content (AvgIpc) is 2.50. The highest BCUT2D eigenvalue weighted by atomic mass is 16.5. The van der Waals surface area contributed by atoms with Crippen LogP contribution >= 0.6 is 0 Å². The topological polar surface area (TPSA) is 49.8 Å². The molecule has 0 saturated carbocycles. The Hall–Kier alpha value is -0.610. The van der Waals surface area contributed by atoms with Crippen LogP contribution in [0.4, 0.5) is 0 Å². The average molecular weight is 187 g/mol. The van der Waals surface area contributed by atoms with Crippen molar-refractivity contribution in [2.75, 3.05) is 20.3 Å². The summed E-state index contributed by atoms with van der Waals surface area (Å²) in [5.41, 5.74) is 0. The third kappa shape index (κ3) is 2.19. The van der Waals surface area contributed by atoms with E-state index in [1.54, 1.807) is 0 Å². The molecule has 1 rings (SSSR count). The zero-order valence-corrected chi connectivity index (χ0v) is 8.36. The molecule has 1 heterocycles. The summed E-state index contributed by atoms with van der Waals surface area (Å²) in [5, 5.41) is 8.91. The molecule has 13 heavy (non-hydrogen) atoms. The van der Waals surface area contributed by atoms with Gasteiger partial charge in [0.05, 0.1) is 19.1 Å². The first-order chi connectivity index (χ1) is 6.04. The van der Waals surface area contributed by atoms with Crippen molar-refractivity contribution < 1.29 is 14.6 Å². The maximum absolute atomic E-state index is 10.8. The highest BCUT2D eigenvalue weighted by Gasteiger charge is 2.37. The lowest BCUT2D eigenvalue weighted by Gasteiger charge is -2.29. The number of carboxylic acids is 1. The van der Waals surface area contributed by atoms with Crippen molar-refractivity contribution in [3.8, 4) is 0 Å². The van der Waals surface area contributed by atoms with E-state index in [1.165, 1.54) is 0 Å². The van der Waals surface area contributed by atoms with Crippen LogP contribution in [0.2, 0.25) is 0 Å². The minimum Gasteiger partial charge on any atom is -0.481 e. The van der Waals surface area contributed by atoms with Gasteiger partial charge in [-0.1, -0.05) is 0 Å². The normalized spacial score (nSPS) is 28.7. The molecule has 2 atom stereocenters. The van der Waals surface area contributed by atoms with Crippen molar-refractivity contribution >= 4 is 5.97 Å². The SMILES string of the molecule is CC(C)N(C)C1COCC1C(=O)O. The van der Waals surface area contributed by atoms with E-state index in [2.05, 4.69) is 18.7 Å². The van der Waals surface area contributed by atoms with Crippen molar-refractivity contribution in [2.45, 2.75) is 25.9 Å². The van der Waals surface area contributed by atoms with Gasteiger partial charge in [0.25, 0.3) is 0 Å². The fourth-order valence-corrected chi connectivity index (χ4v) is 1.56. The molecule has 4 nitrogen and oxygen atoms in total. The van der Waals surface area contributed by atoms with Gasteiger partial charge in [0.15, 0.2) is 0 Å². The highest BCUT2D eigenvalue weighted by Crippen LogP contribution is 2.20. The first kappa shape index (κ1) is 10.5. The van der Waals surface area contributed by atoms with E-state index in [1.807, 2.05) is 7.05 Å². The number of nitrogens with zero attached hydrogens (tertiary/aromatic N) is 1. The molecule has 0 aromatic rings. The molecule has 0 radical (unpaired) electrons. The van der Waals surface area contributed by atoms with Crippen molar-refractivity contribution in [1.29, 1.82) is 0 Å². The van der Waals surface area contributed by atoms with E-state index in [0.717, 1.165) is 0 Å². The minimum atomic E-state index is -0.755. The number of carbonyl (C=O) groups is 1. The standard InChI is InChI=1S/C9H17NO3/c1-6(2)10(3)8-5-13-4-7(8)9(11)12/h6-8H,4-5H2,1-3H3,(H,11,12). The Morgan fingerprint density at radius 3 is 2.62 bits per heavy atom. The van der Waals surface area contributed by atoms with Crippen LogP contribution in [0, 0.1) is 5.92 Å². The number of carboxylic acid groups (broad SMARTS) is 1. The lowest BCUT2D eigenvalue weighted by Crippen LogP contribution is -2.44. The molecule has 1 aliphatic heterocycles. The molecule has 2 unspecified atom stereocenters. The molecule has 4 heteroatoms. The number of likely N-dealkylation sites (N-methyl/N-ethyl adjacent to an activating group) is 1.